The van der Waals surface area contributed by atoms with Crippen LogP contribution in [-0.4, -0.2) is 65.8 Å². The summed E-state index contributed by atoms with van der Waals surface area (Å²) in [6, 6.07) is 21.5. The summed E-state index contributed by atoms with van der Waals surface area (Å²) in [5, 5.41) is 13.5. The molecule has 2 N–H and O–H groups in total. The third-order valence-corrected chi connectivity index (χ3v) is 7.40. The third kappa shape index (κ3) is 8.15. The topological polar surface area (TPSA) is 110 Å². The molecule has 0 radical (unpaired) electrons. The van der Waals surface area contributed by atoms with Gasteiger partial charge in [0.1, 0.15) is 12.4 Å². The zero-order valence-corrected chi connectivity index (χ0v) is 25.1. The Balaban J connectivity index is 1.40. The van der Waals surface area contributed by atoms with Crippen LogP contribution in [0.25, 0.3) is 10.9 Å². The number of carbonyl (C=O) groups is 3. The number of fused-ring (bicyclic) bond motifs is 1. The largest absolute Gasteiger partial charge is 0.497 e. The minimum atomic E-state index is -0.466. The van der Waals surface area contributed by atoms with E-state index in [9.17, 15) is 19.5 Å². The van der Waals surface area contributed by atoms with Gasteiger partial charge in [0, 0.05) is 47.9 Å². The fourth-order valence-corrected chi connectivity index (χ4v) is 5.01. The van der Waals surface area contributed by atoms with Crippen LogP contribution >= 0.6 is 11.6 Å². The highest BCUT2D eigenvalue weighted by atomic mass is 35.5. The molecule has 3 aromatic carbocycles. The van der Waals surface area contributed by atoms with Crippen LogP contribution in [0.5, 0.6) is 5.75 Å². The van der Waals surface area contributed by atoms with Gasteiger partial charge in [-0.15, -0.1) is 0 Å². The molecule has 1 heterocycles. The predicted octanol–water partition coefficient (Wildman–Crippen LogP) is 5.37. The molecule has 2 amide bonds. The molecule has 9 nitrogen and oxygen atoms in total. The molecule has 0 spiro atoms. The fraction of sp³-hybridized carbons (Fsp3) is 0.303. The lowest BCUT2D eigenvalue weighted by Gasteiger charge is -2.22. The van der Waals surface area contributed by atoms with Crippen molar-refractivity contribution in [2.75, 3.05) is 33.4 Å². The first kappa shape index (κ1) is 31.6. The highest BCUT2D eigenvalue weighted by molar-refractivity contribution is 6.30. The zero-order valence-electron chi connectivity index (χ0n) is 24.3. The summed E-state index contributed by atoms with van der Waals surface area (Å²) in [7, 11) is 1.57. The maximum atomic E-state index is 13.5. The average molecular weight is 606 g/mol. The summed E-state index contributed by atoms with van der Waals surface area (Å²) < 4.78 is 12.5. The Labute approximate surface area is 256 Å². The second kappa shape index (κ2) is 15.2. The molecule has 4 rings (SSSR count). The van der Waals surface area contributed by atoms with Crippen molar-refractivity contribution in [2.45, 2.75) is 32.8 Å². The maximum absolute atomic E-state index is 13.5. The third-order valence-electron chi connectivity index (χ3n) is 7.15. The monoisotopic (exact) mass is 605 g/mol. The fourth-order valence-electron chi connectivity index (χ4n) is 4.88. The van der Waals surface area contributed by atoms with E-state index in [1.54, 1.807) is 42.0 Å². The summed E-state index contributed by atoms with van der Waals surface area (Å²) in [5.74, 6) is 0.183. The molecule has 0 aliphatic rings. The van der Waals surface area contributed by atoms with Gasteiger partial charge in [-0.1, -0.05) is 41.9 Å². The van der Waals surface area contributed by atoms with E-state index in [0.717, 1.165) is 16.5 Å². The van der Waals surface area contributed by atoms with Crippen molar-refractivity contribution < 1.29 is 29.0 Å². The highest BCUT2D eigenvalue weighted by Crippen LogP contribution is 2.31. The molecule has 43 heavy (non-hydrogen) atoms. The van der Waals surface area contributed by atoms with E-state index in [1.807, 2.05) is 49.4 Å². The van der Waals surface area contributed by atoms with Gasteiger partial charge >= 0.3 is 6.09 Å². The number of ether oxygens (including phenoxy) is 2. The molecule has 0 unspecified atom stereocenters. The molecular formula is C33H36ClN3O6. The van der Waals surface area contributed by atoms with Crippen molar-refractivity contribution in [3.63, 3.8) is 0 Å². The molecular weight excluding hydrogens is 570 g/mol. The zero-order chi connectivity index (χ0) is 30.8. The van der Waals surface area contributed by atoms with E-state index in [1.165, 1.54) is 4.90 Å². The lowest BCUT2D eigenvalue weighted by molar-refractivity contribution is -0.120. The van der Waals surface area contributed by atoms with Crippen molar-refractivity contribution in [3.8, 4) is 5.75 Å². The van der Waals surface area contributed by atoms with Gasteiger partial charge in [-0.3, -0.25) is 14.2 Å². The van der Waals surface area contributed by atoms with Gasteiger partial charge in [0.15, 0.2) is 0 Å². The Morgan fingerprint density at radius 1 is 0.977 bits per heavy atom. The number of hydrogen-bond acceptors (Lipinski definition) is 6. The summed E-state index contributed by atoms with van der Waals surface area (Å²) in [5.41, 5.74) is 3.42. The molecule has 1 aromatic heterocycles. The van der Waals surface area contributed by atoms with Crippen LogP contribution < -0.4 is 10.1 Å². The van der Waals surface area contributed by atoms with E-state index in [4.69, 9.17) is 21.1 Å². The van der Waals surface area contributed by atoms with E-state index in [-0.39, 0.29) is 31.4 Å². The van der Waals surface area contributed by atoms with Gasteiger partial charge in [-0.05, 0) is 73.4 Å². The molecule has 226 valence electrons. The van der Waals surface area contributed by atoms with Crippen LogP contribution in [0.3, 0.4) is 0 Å². The maximum Gasteiger partial charge on any atom is 0.410 e. The Kier molecular flexibility index (Phi) is 11.2. The van der Waals surface area contributed by atoms with Crippen molar-refractivity contribution >= 4 is 40.4 Å². The van der Waals surface area contributed by atoms with Crippen LogP contribution in [-0.2, 0) is 22.6 Å². The molecule has 0 bridgehead atoms. The van der Waals surface area contributed by atoms with Gasteiger partial charge < -0.3 is 24.8 Å². The van der Waals surface area contributed by atoms with E-state index >= 15 is 0 Å². The van der Waals surface area contributed by atoms with Crippen molar-refractivity contribution in [1.29, 1.82) is 0 Å². The number of aliphatic hydroxyl groups is 1. The molecule has 4 aromatic rings. The first-order chi connectivity index (χ1) is 20.8. The number of rotatable bonds is 13. The van der Waals surface area contributed by atoms with Gasteiger partial charge in [-0.25, -0.2) is 4.79 Å². The summed E-state index contributed by atoms with van der Waals surface area (Å²) in [4.78, 5) is 40.8. The minimum Gasteiger partial charge on any atom is -0.497 e. The van der Waals surface area contributed by atoms with Gasteiger partial charge in [0.05, 0.1) is 19.0 Å². The quantitative estimate of drug-likeness (QED) is 0.198. The average Bonchev–Trinajstić information content (AvgIpc) is 3.29. The number of nitrogens with zero attached hydrogens (tertiary/aromatic N) is 2. The lowest BCUT2D eigenvalue weighted by Crippen LogP contribution is -2.36. The van der Waals surface area contributed by atoms with E-state index in [0.29, 0.717) is 60.0 Å². The number of hydrogen-bond donors (Lipinski definition) is 2. The Morgan fingerprint density at radius 3 is 2.40 bits per heavy atom. The predicted molar refractivity (Wildman–Crippen MR) is 166 cm³/mol. The van der Waals surface area contributed by atoms with Crippen LogP contribution in [0.2, 0.25) is 5.02 Å². The molecule has 10 heteroatoms. The van der Waals surface area contributed by atoms with Crippen LogP contribution in [0, 0.1) is 6.92 Å². The standard InChI is InChI=1S/C33H36ClN3O6/c1-23-28(29-20-27(42-2)14-15-30(29)37(23)32(40)25-10-12-26(34)13-11-25)21-31(39)35-16-6-17-36(18-7-19-38)33(41)43-22-24-8-4-3-5-9-24/h3-5,8-15,20,38H,6-7,16-19,21-22H2,1-2H3,(H,35,39). The number of benzene rings is 3. The Bertz CT molecular complexity index is 1550. The molecule has 0 aliphatic carbocycles. The minimum absolute atomic E-state index is 0.0442. The SMILES string of the molecule is COc1ccc2c(c1)c(CC(=O)NCCCN(CCCO)C(=O)OCc1ccccc1)c(C)n2C(=O)c1ccc(Cl)cc1. The van der Waals surface area contributed by atoms with Gasteiger partial charge in [0.25, 0.3) is 5.91 Å². The van der Waals surface area contributed by atoms with E-state index in [2.05, 4.69) is 5.32 Å². The smallest absolute Gasteiger partial charge is 0.410 e. The number of amides is 2. The van der Waals surface area contributed by atoms with Crippen LogP contribution in [0.1, 0.15) is 40.0 Å². The second-order valence-corrected chi connectivity index (χ2v) is 10.5. The summed E-state index contributed by atoms with van der Waals surface area (Å²) >= 11 is 6.02. The Morgan fingerprint density at radius 2 is 1.70 bits per heavy atom. The second-order valence-electron chi connectivity index (χ2n) is 10.1. The number of methoxy groups -OCH3 is 1. The number of aromatic nitrogens is 1. The van der Waals surface area contributed by atoms with Crippen molar-refractivity contribution in [1.82, 2.24) is 14.8 Å². The van der Waals surface area contributed by atoms with Gasteiger partial charge in [0.2, 0.25) is 5.91 Å². The molecule has 0 atom stereocenters. The number of nitrogens with one attached hydrogen (secondary N) is 1. The van der Waals surface area contributed by atoms with Crippen LogP contribution in [0.4, 0.5) is 4.79 Å². The van der Waals surface area contributed by atoms with Crippen molar-refractivity contribution in [2.24, 2.45) is 0 Å². The first-order valence-corrected chi connectivity index (χ1v) is 14.5. The molecule has 0 fully saturated rings. The Hall–Kier alpha value is -4.34. The first-order valence-electron chi connectivity index (χ1n) is 14.1. The number of carbonyl (C=O) groups excluding carboxylic acids is 3. The lowest BCUT2D eigenvalue weighted by atomic mass is 10.1. The van der Waals surface area contributed by atoms with E-state index < -0.39 is 6.09 Å². The normalized spacial score (nSPS) is 10.9. The number of aliphatic hydroxyl groups excluding tert-OH is 1. The summed E-state index contributed by atoms with van der Waals surface area (Å²) in [6.45, 7) is 2.98. The van der Waals surface area contributed by atoms with Crippen molar-refractivity contribution in [3.05, 3.63) is 100 Å². The number of halogens is 1. The molecule has 0 saturated heterocycles. The summed E-state index contributed by atoms with van der Waals surface area (Å²) in [6.07, 6.45) is 0.519. The van der Waals surface area contributed by atoms with Gasteiger partial charge in [-0.2, -0.15) is 0 Å². The highest BCUT2D eigenvalue weighted by Gasteiger charge is 2.22. The molecule has 0 saturated carbocycles. The molecule has 0 aliphatic heterocycles. The van der Waals surface area contributed by atoms with Crippen LogP contribution in [0.15, 0.2) is 72.8 Å².